The van der Waals surface area contributed by atoms with E-state index in [2.05, 4.69) is 43.0 Å². The summed E-state index contributed by atoms with van der Waals surface area (Å²) in [5, 5.41) is 4.81. The first kappa shape index (κ1) is 14.3. The third-order valence-corrected chi connectivity index (χ3v) is 4.22. The van der Waals surface area contributed by atoms with E-state index >= 15 is 0 Å². The molecular formula is C14H18ClN3S. The highest BCUT2D eigenvalue weighted by Crippen LogP contribution is 2.32. The van der Waals surface area contributed by atoms with E-state index in [4.69, 9.17) is 11.6 Å². The predicted octanol–water partition coefficient (Wildman–Crippen LogP) is 4.85. The zero-order valence-corrected chi connectivity index (χ0v) is 13.4. The molecule has 19 heavy (non-hydrogen) atoms. The van der Waals surface area contributed by atoms with E-state index in [0.29, 0.717) is 5.02 Å². The van der Waals surface area contributed by atoms with Crippen LogP contribution in [0.25, 0.3) is 0 Å². The molecule has 0 aliphatic heterocycles. The molecule has 0 spiro atoms. The molecule has 0 atom stereocenters. The van der Waals surface area contributed by atoms with Crippen molar-refractivity contribution in [3.05, 3.63) is 33.4 Å². The summed E-state index contributed by atoms with van der Waals surface area (Å²) in [6, 6.07) is 1.99. The van der Waals surface area contributed by atoms with Crippen LogP contribution in [-0.4, -0.2) is 9.97 Å². The number of pyridine rings is 1. The standard InChI is InChI=1S/C14H18ClN3S/c1-8-9(2)19-13(17-8)18-12-6-10(14(3,4)5)11(15)7-16-12/h6-7H,1-5H3,(H,16,17,18). The van der Waals surface area contributed by atoms with Crippen LogP contribution in [-0.2, 0) is 5.41 Å². The van der Waals surface area contributed by atoms with Crippen LogP contribution in [0.1, 0.15) is 36.9 Å². The van der Waals surface area contributed by atoms with Gasteiger partial charge in [0.2, 0.25) is 0 Å². The summed E-state index contributed by atoms with van der Waals surface area (Å²) >= 11 is 7.84. The van der Waals surface area contributed by atoms with Crippen LogP contribution in [0.15, 0.2) is 12.3 Å². The highest BCUT2D eigenvalue weighted by atomic mass is 35.5. The Morgan fingerprint density at radius 2 is 1.95 bits per heavy atom. The lowest BCUT2D eigenvalue weighted by atomic mass is 9.87. The molecule has 5 heteroatoms. The zero-order chi connectivity index (χ0) is 14.2. The molecular weight excluding hydrogens is 278 g/mol. The molecule has 0 aliphatic carbocycles. The second-order valence-electron chi connectivity index (χ2n) is 5.59. The average molecular weight is 296 g/mol. The van der Waals surface area contributed by atoms with E-state index in [1.54, 1.807) is 17.5 Å². The summed E-state index contributed by atoms with van der Waals surface area (Å²) in [5.74, 6) is 0.781. The van der Waals surface area contributed by atoms with Gasteiger partial charge in [-0.2, -0.15) is 0 Å². The normalized spacial score (nSPS) is 11.7. The number of thiazole rings is 1. The summed E-state index contributed by atoms with van der Waals surface area (Å²) < 4.78 is 0. The fraction of sp³-hybridized carbons (Fsp3) is 0.429. The molecule has 2 rings (SSSR count). The Balaban J connectivity index is 2.31. The van der Waals surface area contributed by atoms with E-state index in [1.807, 2.05) is 13.0 Å². The van der Waals surface area contributed by atoms with Crippen LogP contribution in [0.3, 0.4) is 0 Å². The van der Waals surface area contributed by atoms with E-state index in [1.165, 1.54) is 4.88 Å². The van der Waals surface area contributed by atoms with Gasteiger partial charge in [-0.25, -0.2) is 9.97 Å². The highest BCUT2D eigenvalue weighted by Gasteiger charge is 2.18. The van der Waals surface area contributed by atoms with Crippen molar-refractivity contribution in [2.45, 2.75) is 40.0 Å². The van der Waals surface area contributed by atoms with E-state index in [0.717, 1.165) is 22.2 Å². The van der Waals surface area contributed by atoms with Crippen LogP contribution in [0.5, 0.6) is 0 Å². The van der Waals surface area contributed by atoms with Gasteiger partial charge in [0.1, 0.15) is 5.82 Å². The number of hydrogen-bond acceptors (Lipinski definition) is 4. The minimum absolute atomic E-state index is 0.00876. The Hall–Kier alpha value is -1.13. The van der Waals surface area contributed by atoms with Gasteiger partial charge in [-0.15, -0.1) is 11.3 Å². The predicted molar refractivity (Wildman–Crippen MR) is 82.8 cm³/mol. The summed E-state index contributed by atoms with van der Waals surface area (Å²) in [6.07, 6.45) is 1.69. The Kier molecular flexibility index (Phi) is 3.83. The quantitative estimate of drug-likeness (QED) is 0.860. The second kappa shape index (κ2) is 5.10. The first-order valence-corrected chi connectivity index (χ1v) is 7.34. The third-order valence-electron chi connectivity index (χ3n) is 2.93. The van der Waals surface area contributed by atoms with Gasteiger partial charge in [-0.3, -0.25) is 0 Å². The van der Waals surface area contributed by atoms with E-state index in [-0.39, 0.29) is 5.41 Å². The number of halogens is 1. The summed E-state index contributed by atoms with van der Waals surface area (Å²) in [7, 11) is 0. The first-order valence-electron chi connectivity index (χ1n) is 6.14. The number of nitrogens with one attached hydrogen (secondary N) is 1. The molecule has 3 nitrogen and oxygen atoms in total. The summed E-state index contributed by atoms with van der Waals surface area (Å²) in [4.78, 5) is 9.98. The third kappa shape index (κ3) is 3.25. The van der Waals surface area contributed by atoms with Crippen LogP contribution in [0.4, 0.5) is 10.9 Å². The summed E-state index contributed by atoms with van der Waals surface area (Å²) in [6.45, 7) is 10.5. The smallest absolute Gasteiger partial charge is 0.188 e. The average Bonchev–Trinajstić information content (AvgIpc) is 2.59. The van der Waals surface area contributed by atoms with Crippen LogP contribution in [0, 0.1) is 13.8 Å². The van der Waals surface area contributed by atoms with Crippen molar-refractivity contribution in [2.24, 2.45) is 0 Å². The van der Waals surface area contributed by atoms with Crippen LogP contribution < -0.4 is 5.32 Å². The lowest BCUT2D eigenvalue weighted by Crippen LogP contribution is -2.12. The molecule has 0 aromatic carbocycles. The largest absolute Gasteiger partial charge is 0.316 e. The van der Waals surface area contributed by atoms with Crippen molar-refractivity contribution in [1.29, 1.82) is 0 Å². The molecule has 0 saturated heterocycles. The molecule has 2 aromatic heterocycles. The maximum atomic E-state index is 6.21. The van der Waals surface area contributed by atoms with E-state index in [9.17, 15) is 0 Å². The second-order valence-corrected chi connectivity index (χ2v) is 7.20. The zero-order valence-electron chi connectivity index (χ0n) is 11.8. The maximum absolute atomic E-state index is 6.21. The number of rotatable bonds is 2. The SMILES string of the molecule is Cc1nc(Nc2cc(C(C)(C)C)c(Cl)cn2)sc1C. The van der Waals surface area contributed by atoms with Gasteiger partial charge in [0.05, 0.1) is 10.7 Å². The van der Waals surface area contributed by atoms with Crippen molar-refractivity contribution in [1.82, 2.24) is 9.97 Å². The number of anilines is 2. The molecule has 2 aromatic rings. The van der Waals surface area contributed by atoms with Gasteiger partial charge >= 0.3 is 0 Å². The fourth-order valence-electron chi connectivity index (χ4n) is 1.72. The van der Waals surface area contributed by atoms with Gasteiger partial charge in [0.15, 0.2) is 5.13 Å². The Labute approximate surface area is 123 Å². The van der Waals surface area contributed by atoms with Crippen molar-refractivity contribution < 1.29 is 0 Å². The van der Waals surface area contributed by atoms with Gasteiger partial charge in [-0.05, 0) is 30.9 Å². The first-order chi connectivity index (χ1) is 8.77. The topological polar surface area (TPSA) is 37.8 Å². The molecule has 2 heterocycles. The summed E-state index contributed by atoms with van der Waals surface area (Å²) in [5.41, 5.74) is 2.12. The molecule has 0 bridgehead atoms. The molecule has 0 aliphatic rings. The lowest BCUT2D eigenvalue weighted by molar-refractivity contribution is 0.590. The molecule has 0 radical (unpaired) electrons. The van der Waals surface area contributed by atoms with Gasteiger partial charge in [-0.1, -0.05) is 32.4 Å². The van der Waals surface area contributed by atoms with Gasteiger partial charge in [0, 0.05) is 11.1 Å². The van der Waals surface area contributed by atoms with Crippen LogP contribution in [0.2, 0.25) is 5.02 Å². The highest BCUT2D eigenvalue weighted by molar-refractivity contribution is 7.15. The molecule has 0 amide bonds. The lowest BCUT2D eigenvalue weighted by Gasteiger charge is -2.21. The Morgan fingerprint density at radius 1 is 1.26 bits per heavy atom. The molecule has 0 unspecified atom stereocenters. The molecule has 0 fully saturated rings. The van der Waals surface area contributed by atoms with Crippen molar-refractivity contribution >= 4 is 33.9 Å². The van der Waals surface area contributed by atoms with Crippen molar-refractivity contribution in [3.63, 3.8) is 0 Å². The molecule has 102 valence electrons. The van der Waals surface area contributed by atoms with Crippen molar-refractivity contribution in [3.8, 4) is 0 Å². The minimum Gasteiger partial charge on any atom is -0.316 e. The number of aromatic nitrogens is 2. The fourth-order valence-corrected chi connectivity index (χ4v) is 2.93. The van der Waals surface area contributed by atoms with Gasteiger partial charge < -0.3 is 5.32 Å². The Morgan fingerprint density at radius 3 is 2.47 bits per heavy atom. The van der Waals surface area contributed by atoms with Gasteiger partial charge in [0.25, 0.3) is 0 Å². The molecule has 1 N–H and O–H groups in total. The maximum Gasteiger partial charge on any atom is 0.188 e. The van der Waals surface area contributed by atoms with Crippen LogP contribution >= 0.6 is 22.9 Å². The molecule has 0 saturated carbocycles. The minimum atomic E-state index is -0.00876. The Bertz CT molecular complexity index is 580. The van der Waals surface area contributed by atoms with Crippen molar-refractivity contribution in [2.75, 3.05) is 5.32 Å². The number of nitrogens with zero attached hydrogens (tertiary/aromatic N) is 2. The van der Waals surface area contributed by atoms with E-state index < -0.39 is 0 Å². The number of aryl methyl sites for hydroxylation is 2. The number of hydrogen-bond donors (Lipinski definition) is 1. The monoisotopic (exact) mass is 295 g/mol.